The molecule has 1 heterocycles. The van der Waals surface area contributed by atoms with Gasteiger partial charge in [-0.05, 0) is 24.1 Å². The van der Waals surface area contributed by atoms with Gasteiger partial charge in [0.25, 0.3) is 0 Å². The SMILES string of the molecule is C[C@@H](NS(=O)(=O)c1c(-c2ccccc2)ccc(-c2cnc(N)cn2)c1F)c1ccccc1. The first-order valence-corrected chi connectivity index (χ1v) is 11.4. The number of hydrogen-bond acceptors (Lipinski definition) is 5. The third-order valence-corrected chi connectivity index (χ3v) is 6.63. The van der Waals surface area contributed by atoms with Gasteiger partial charge in [-0.15, -0.1) is 0 Å². The smallest absolute Gasteiger partial charge is 0.244 e. The van der Waals surface area contributed by atoms with Crippen molar-refractivity contribution in [3.63, 3.8) is 0 Å². The summed E-state index contributed by atoms with van der Waals surface area (Å²) in [5, 5.41) is 0. The molecule has 6 nitrogen and oxygen atoms in total. The lowest BCUT2D eigenvalue weighted by Crippen LogP contribution is -2.28. The van der Waals surface area contributed by atoms with E-state index in [1.54, 1.807) is 37.3 Å². The largest absolute Gasteiger partial charge is 0.382 e. The summed E-state index contributed by atoms with van der Waals surface area (Å²) in [5.41, 5.74) is 7.37. The number of rotatable bonds is 6. The number of halogens is 1. The maximum absolute atomic E-state index is 15.8. The molecule has 0 unspecified atom stereocenters. The van der Waals surface area contributed by atoms with Gasteiger partial charge in [0.1, 0.15) is 10.7 Å². The topological polar surface area (TPSA) is 98.0 Å². The fourth-order valence-electron chi connectivity index (χ4n) is 3.44. The van der Waals surface area contributed by atoms with Gasteiger partial charge in [0.15, 0.2) is 5.82 Å². The van der Waals surface area contributed by atoms with Crippen molar-refractivity contribution in [2.45, 2.75) is 17.9 Å². The molecule has 0 amide bonds. The van der Waals surface area contributed by atoms with Crippen molar-refractivity contribution in [1.82, 2.24) is 14.7 Å². The molecule has 0 aliphatic heterocycles. The quantitative estimate of drug-likeness (QED) is 0.450. The number of anilines is 1. The Hall–Kier alpha value is -3.62. The summed E-state index contributed by atoms with van der Waals surface area (Å²) < 4.78 is 45.4. The van der Waals surface area contributed by atoms with Crippen molar-refractivity contribution in [3.05, 3.63) is 96.6 Å². The average molecular weight is 449 g/mol. The first-order valence-electron chi connectivity index (χ1n) is 9.90. The molecule has 0 aliphatic carbocycles. The second-order valence-electron chi connectivity index (χ2n) is 7.25. The first-order chi connectivity index (χ1) is 15.4. The van der Waals surface area contributed by atoms with Gasteiger partial charge >= 0.3 is 0 Å². The molecule has 4 rings (SSSR count). The van der Waals surface area contributed by atoms with Crippen LogP contribution in [0.3, 0.4) is 0 Å². The monoisotopic (exact) mass is 448 g/mol. The minimum Gasteiger partial charge on any atom is -0.382 e. The van der Waals surface area contributed by atoms with Crippen LogP contribution >= 0.6 is 0 Å². The molecule has 0 saturated carbocycles. The summed E-state index contributed by atoms with van der Waals surface area (Å²) in [5.74, 6) is -0.723. The zero-order chi connectivity index (χ0) is 22.7. The lowest BCUT2D eigenvalue weighted by Gasteiger charge is -2.19. The van der Waals surface area contributed by atoms with Gasteiger partial charge < -0.3 is 5.73 Å². The highest BCUT2D eigenvalue weighted by molar-refractivity contribution is 7.89. The van der Waals surface area contributed by atoms with Crippen LogP contribution in [0.25, 0.3) is 22.4 Å². The molecule has 0 bridgehead atoms. The molecule has 0 spiro atoms. The van der Waals surface area contributed by atoms with Gasteiger partial charge in [-0.2, -0.15) is 0 Å². The van der Waals surface area contributed by atoms with E-state index >= 15 is 4.39 Å². The summed E-state index contributed by atoms with van der Waals surface area (Å²) in [6.07, 6.45) is 2.61. The maximum atomic E-state index is 15.8. The van der Waals surface area contributed by atoms with Crippen molar-refractivity contribution >= 4 is 15.8 Å². The Labute approximate surface area is 186 Å². The third kappa shape index (κ3) is 4.37. The van der Waals surface area contributed by atoms with E-state index in [-0.39, 0.29) is 22.6 Å². The van der Waals surface area contributed by atoms with Crippen LogP contribution in [0.1, 0.15) is 18.5 Å². The van der Waals surface area contributed by atoms with Crippen molar-refractivity contribution in [2.75, 3.05) is 5.73 Å². The van der Waals surface area contributed by atoms with Crippen LogP contribution in [-0.2, 0) is 10.0 Å². The molecule has 3 aromatic carbocycles. The van der Waals surface area contributed by atoms with Gasteiger partial charge in [0.2, 0.25) is 10.0 Å². The second kappa shape index (κ2) is 8.86. The predicted molar refractivity (Wildman–Crippen MR) is 122 cm³/mol. The van der Waals surface area contributed by atoms with Crippen molar-refractivity contribution in [3.8, 4) is 22.4 Å². The molecule has 1 aromatic heterocycles. The molecule has 0 saturated heterocycles. The van der Waals surface area contributed by atoms with E-state index in [0.29, 0.717) is 5.56 Å². The van der Waals surface area contributed by atoms with Crippen LogP contribution < -0.4 is 10.5 Å². The first kappa shape index (κ1) is 21.6. The summed E-state index contributed by atoms with van der Waals surface area (Å²) >= 11 is 0. The van der Waals surface area contributed by atoms with E-state index in [9.17, 15) is 8.42 Å². The summed E-state index contributed by atoms with van der Waals surface area (Å²) in [6, 6.07) is 20.4. The molecule has 3 N–H and O–H groups in total. The van der Waals surface area contributed by atoms with Gasteiger partial charge in [0.05, 0.1) is 18.1 Å². The normalized spacial score (nSPS) is 12.4. The Morgan fingerprint density at radius 1 is 0.875 bits per heavy atom. The Kier molecular flexibility index (Phi) is 5.98. The number of nitrogens with one attached hydrogen (secondary N) is 1. The number of nitrogens with two attached hydrogens (primary N) is 1. The molecular weight excluding hydrogens is 427 g/mol. The minimum absolute atomic E-state index is 0.0184. The Bertz CT molecular complexity index is 1330. The zero-order valence-electron chi connectivity index (χ0n) is 17.2. The highest BCUT2D eigenvalue weighted by atomic mass is 32.2. The van der Waals surface area contributed by atoms with Crippen LogP contribution in [0.4, 0.5) is 10.2 Å². The third-order valence-electron chi connectivity index (χ3n) is 5.03. The van der Waals surface area contributed by atoms with E-state index in [2.05, 4.69) is 14.7 Å². The van der Waals surface area contributed by atoms with E-state index in [1.807, 2.05) is 36.4 Å². The van der Waals surface area contributed by atoms with E-state index in [1.165, 1.54) is 18.5 Å². The Morgan fingerprint density at radius 2 is 1.50 bits per heavy atom. The summed E-state index contributed by atoms with van der Waals surface area (Å²) in [4.78, 5) is 7.60. The lowest BCUT2D eigenvalue weighted by atomic mass is 10.0. The standard InChI is InChI=1S/C24H21FN4O2S/c1-16(17-8-4-2-5-9-17)29-32(30,31)24-19(18-10-6-3-7-11-18)12-13-20(23(24)25)21-14-28-22(26)15-27-21/h2-16,29H,1H3,(H2,26,28)/t16-/m1/s1. The molecule has 0 fully saturated rings. The van der Waals surface area contributed by atoms with E-state index < -0.39 is 26.8 Å². The Balaban J connectivity index is 1.87. The molecular formula is C24H21FN4O2S. The molecule has 32 heavy (non-hydrogen) atoms. The number of aromatic nitrogens is 2. The van der Waals surface area contributed by atoms with Gasteiger partial charge in [-0.1, -0.05) is 66.7 Å². The van der Waals surface area contributed by atoms with Crippen LogP contribution in [0.5, 0.6) is 0 Å². The van der Waals surface area contributed by atoms with Crippen LogP contribution in [0, 0.1) is 5.82 Å². The molecule has 8 heteroatoms. The number of nitrogens with zero attached hydrogens (tertiary/aromatic N) is 2. The molecule has 1 atom stereocenters. The number of nitrogen functional groups attached to an aromatic ring is 1. The van der Waals surface area contributed by atoms with Crippen LogP contribution in [-0.4, -0.2) is 18.4 Å². The van der Waals surface area contributed by atoms with Crippen molar-refractivity contribution in [1.29, 1.82) is 0 Å². The summed E-state index contributed by atoms with van der Waals surface area (Å²) in [7, 11) is -4.25. The highest BCUT2D eigenvalue weighted by Gasteiger charge is 2.29. The molecule has 0 aliphatic rings. The predicted octanol–water partition coefficient (Wildman–Crippen LogP) is 4.57. The van der Waals surface area contributed by atoms with Crippen molar-refractivity contribution in [2.24, 2.45) is 0 Å². The molecule has 4 aromatic rings. The fourth-order valence-corrected chi connectivity index (χ4v) is 4.98. The minimum atomic E-state index is -4.25. The second-order valence-corrected chi connectivity index (χ2v) is 8.90. The summed E-state index contributed by atoms with van der Waals surface area (Å²) in [6.45, 7) is 1.71. The molecule has 162 valence electrons. The highest BCUT2D eigenvalue weighted by Crippen LogP contribution is 2.35. The van der Waals surface area contributed by atoms with Crippen LogP contribution in [0.2, 0.25) is 0 Å². The van der Waals surface area contributed by atoms with E-state index in [4.69, 9.17) is 5.73 Å². The Morgan fingerprint density at radius 3 is 2.12 bits per heavy atom. The van der Waals surface area contributed by atoms with Crippen molar-refractivity contribution < 1.29 is 12.8 Å². The molecule has 0 radical (unpaired) electrons. The maximum Gasteiger partial charge on any atom is 0.244 e. The lowest BCUT2D eigenvalue weighted by molar-refractivity contribution is 0.548. The number of benzene rings is 3. The number of hydrogen-bond donors (Lipinski definition) is 2. The van der Waals surface area contributed by atoms with Crippen LogP contribution in [0.15, 0.2) is 90.1 Å². The zero-order valence-corrected chi connectivity index (χ0v) is 18.1. The number of sulfonamides is 1. The van der Waals surface area contributed by atoms with Gasteiger partial charge in [-0.25, -0.2) is 22.5 Å². The van der Waals surface area contributed by atoms with Gasteiger partial charge in [-0.3, -0.25) is 4.98 Å². The average Bonchev–Trinajstić information content (AvgIpc) is 2.80. The fraction of sp³-hybridized carbons (Fsp3) is 0.0833. The van der Waals surface area contributed by atoms with E-state index in [0.717, 1.165) is 5.56 Å². The van der Waals surface area contributed by atoms with Gasteiger partial charge in [0, 0.05) is 17.2 Å².